The smallest absolute Gasteiger partial charge is 0.337 e. The third-order valence-electron chi connectivity index (χ3n) is 9.30. The Kier molecular flexibility index (Phi) is 9.37. The molecular weight excluding hydrogens is 604 g/mol. The first kappa shape index (κ1) is 33.7. The Balaban J connectivity index is 1.55. The van der Waals surface area contributed by atoms with Gasteiger partial charge in [0, 0.05) is 42.4 Å². The molecule has 1 fully saturated rings. The molecule has 4 aromatic rings. The fourth-order valence-electron chi connectivity index (χ4n) is 6.63. The highest BCUT2D eigenvalue weighted by atomic mass is 16.5. The fourth-order valence-corrected chi connectivity index (χ4v) is 6.63. The summed E-state index contributed by atoms with van der Waals surface area (Å²) in [6, 6.07) is 16.7. The molecule has 3 aliphatic heterocycles. The largest absolute Gasteiger partial charge is 0.490 e. The molecule has 2 aromatic heterocycles. The summed E-state index contributed by atoms with van der Waals surface area (Å²) >= 11 is 0. The van der Waals surface area contributed by atoms with Crippen LogP contribution in [0.15, 0.2) is 60.7 Å². The SMILES string of the molecule is CCc1ccc2c(c1)-c1cccc(c1)-c1cc3nc(C)c([C@H](OC(C)(C)C)C(=O)O)c(n3n1)N1CCC(C)(CC1)OC/C=C\C[C@H](C)O2. The summed E-state index contributed by atoms with van der Waals surface area (Å²) in [5.74, 6) is 0.482. The first-order valence-electron chi connectivity index (χ1n) is 17.1. The Morgan fingerprint density at radius 2 is 1.85 bits per heavy atom. The monoisotopic (exact) mass is 652 g/mol. The van der Waals surface area contributed by atoms with Crippen molar-refractivity contribution in [2.45, 2.75) is 97.6 Å². The number of piperidine rings is 1. The van der Waals surface area contributed by atoms with Gasteiger partial charge in [-0.05, 0) is 90.1 Å². The normalized spacial score (nSPS) is 21.5. The maximum absolute atomic E-state index is 12.8. The highest BCUT2D eigenvalue weighted by Gasteiger charge is 2.37. The fraction of sp³-hybridized carbons (Fsp3) is 0.462. The third kappa shape index (κ3) is 7.12. The molecule has 1 N–H and O–H groups in total. The van der Waals surface area contributed by atoms with Gasteiger partial charge in [0.15, 0.2) is 11.8 Å². The van der Waals surface area contributed by atoms with E-state index in [1.165, 1.54) is 5.56 Å². The summed E-state index contributed by atoms with van der Waals surface area (Å²) in [6.07, 6.45) is 6.21. The predicted molar refractivity (Wildman–Crippen MR) is 189 cm³/mol. The zero-order valence-corrected chi connectivity index (χ0v) is 29.2. The number of carboxylic acid groups (broad SMARTS) is 1. The first-order chi connectivity index (χ1) is 22.8. The van der Waals surface area contributed by atoms with Gasteiger partial charge >= 0.3 is 5.97 Å². The Morgan fingerprint density at radius 3 is 2.56 bits per heavy atom. The van der Waals surface area contributed by atoms with Crippen molar-refractivity contribution in [3.05, 3.63) is 77.5 Å². The number of nitrogens with zero attached hydrogens (tertiary/aromatic N) is 4. The first-order valence-corrected chi connectivity index (χ1v) is 17.1. The van der Waals surface area contributed by atoms with Crippen LogP contribution in [0.1, 0.15) is 83.7 Å². The van der Waals surface area contributed by atoms with Crippen LogP contribution in [0.4, 0.5) is 5.82 Å². The number of ether oxygens (including phenoxy) is 3. The van der Waals surface area contributed by atoms with E-state index in [2.05, 4.69) is 74.2 Å². The molecule has 1 saturated heterocycles. The van der Waals surface area contributed by atoms with Gasteiger partial charge in [-0.2, -0.15) is 9.61 Å². The van der Waals surface area contributed by atoms with Crippen molar-refractivity contribution >= 4 is 17.4 Å². The predicted octanol–water partition coefficient (Wildman–Crippen LogP) is 7.98. The standard InChI is InChI=1S/C39H48N4O5/c1-8-27-15-16-32-30(22-27)28-13-11-14-29(23-28)31-24-33-40-26(3)34(35(37(44)45)48-38(4,5)6)36(43(33)41-31)42-19-17-39(7,18-20-42)46-21-10-9-12-25(2)47-32/h9-11,13-16,22-25,35H,8,12,17-21H2,1-7H3,(H,44,45)/b10-9-/t25-,35-/m0/s1. The number of aryl methyl sites for hydroxylation is 2. The molecule has 0 aliphatic carbocycles. The lowest BCUT2D eigenvalue weighted by Crippen LogP contribution is -2.45. The van der Waals surface area contributed by atoms with E-state index in [1.807, 2.05) is 44.3 Å². The van der Waals surface area contributed by atoms with E-state index in [9.17, 15) is 9.90 Å². The zero-order valence-electron chi connectivity index (χ0n) is 29.2. The van der Waals surface area contributed by atoms with E-state index in [0.717, 1.165) is 53.8 Å². The van der Waals surface area contributed by atoms with E-state index in [-0.39, 0.29) is 11.7 Å². The van der Waals surface area contributed by atoms with Gasteiger partial charge in [-0.25, -0.2) is 9.78 Å². The van der Waals surface area contributed by atoms with Crippen molar-refractivity contribution < 1.29 is 24.1 Å². The lowest BCUT2D eigenvalue weighted by Gasteiger charge is -2.41. The van der Waals surface area contributed by atoms with Crippen molar-refractivity contribution in [1.82, 2.24) is 14.6 Å². The van der Waals surface area contributed by atoms with E-state index in [4.69, 9.17) is 24.3 Å². The average Bonchev–Trinajstić information content (AvgIpc) is 3.46. The van der Waals surface area contributed by atoms with Crippen molar-refractivity contribution in [1.29, 1.82) is 0 Å². The molecule has 5 heterocycles. The van der Waals surface area contributed by atoms with Crippen molar-refractivity contribution in [3.8, 4) is 28.1 Å². The van der Waals surface area contributed by atoms with Crippen LogP contribution in [0.5, 0.6) is 5.75 Å². The quantitative estimate of drug-likeness (QED) is 0.222. The van der Waals surface area contributed by atoms with Crippen LogP contribution in [-0.2, 0) is 20.7 Å². The van der Waals surface area contributed by atoms with Crippen LogP contribution in [0.2, 0.25) is 0 Å². The van der Waals surface area contributed by atoms with E-state index < -0.39 is 17.7 Å². The Morgan fingerprint density at radius 1 is 1.10 bits per heavy atom. The van der Waals surface area contributed by atoms with Crippen LogP contribution < -0.4 is 9.64 Å². The molecule has 0 spiro atoms. The van der Waals surface area contributed by atoms with Gasteiger partial charge in [0.25, 0.3) is 0 Å². The molecule has 7 rings (SSSR count). The lowest BCUT2D eigenvalue weighted by atomic mass is 9.92. The molecule has 2 aromatic carbocycles. The van der Waals surface area contributed by atoms with Gasteiger partial charge in [0.2, 0.25) is 0 Å². The van der Waals surface area contributed by atoms with Crippen LogP contribution in [0.3, 0.4) is 0 Å². The topological polar surface area (TPSA) is 98.4 Å². The summed E-state index contributed by atoms with van der Waals surface area (Å²) in [6.45, 7) is 15.7. The van der Waals surface area contributed by atoms with E-state index in [0.29, 0.717) is 42.4 Å². The Bertz CT molecular complexity index is 1830. The van der Waals surface area contributed by atoms with Gasteiger partial charge in [0.1, 0.15) is 11.6 Å². The molecular formula is C39H48N4O5. The van der Waals surface area contributed by atoms with Gasteiger partial charge < -0.3 is 24.2 Å². The van der Waals surface area contributed by atoms with Crippen LogP contribution in [0, 0.1) is 6.92 Å². The number of aliphatic carboxylic acids is 1. The number of carbonyl (C=O) groups is 1. The second-order valence-corrected chi connectivity index (χ2v) is 14.3. The summed E-state index contributed by atoms with van der Waals surface area (Å²) in [7, 11) is 0. The molecule has 0 radical (unpaired) electrons. The third-order valence-corrected chi connectivity index (χ3v) is 9.30. The summed E-state index contributed by atoms with van der Waals surface area (Å²) in [5.41, 5.74) is 5.75. The van der Waals surface area contributed by atoms with Gasteiger partial charge in [-0.1, -0.05) is 43.3 Å². The van der Waals surface area contributed by atoms with Crippen LogP contribution in [-0.4, -0.2) is 62.7 Å². The second-order valence-electron chi connectivity index (χ2n) is 14.3. The molecule has 0 unspecified atom stereocenters. The van der Waals surface area contributed by atoms with Crippen molar-refractivity contribution in [3.63, 3.8) is 0 Å². The lowest BCUT2D eigenvalue weighted by molar-refractivity contribution is -0.160. The molecule has 0 saturated carbocycles. The molecule has 2 atom stereocenters. The summed E-state index contributed by atoms with van der Waals surface area (Å²) in [5, 5.41) is 15.6. The Hall–Kier alpha value is -4.21. The average molecular weight is 653 g/mol. The number of benzene rings is 2. The number of anilines is 1. The minimum atomic E-state index is -1.22. The van der Waals surface area contributed by atoms with E-state index >= 15 is 0 Å². The molecule has 9 nitrogen and oxygen atoms in total. The molecule has 9 heteroatoms. The maximum Gasteiger partial charge on any atom is 0.337 e. The number of hydrogen-bond donors (Lipinski definition) is 1. The number of hydrogen-bond acceptors (Lipinski definition) is 7. The second kappa shape index (κ2) is 13.4. The van der Waals surface area contributed by atoms with Crippen LogP contribution in [0.25, 0.3) is 28.0 Å². The molecule has 3 aliphatic rings. The van der Waals surface area contributed by atoms with Crippen molar-refractivity contribution in [2.75, 3.05) is 24.6 Å². The molecule has 254 valence electrons. The molecule has 6 bridgehead atoms. The van der Waals surface area contributed by atoms with Crippen LogP contribution >= 0.6 is 0 Å². The van der Waals surface area contributed by atoms with Crippen molar-refractivity contribution in [2.24, 2.45) is 0 Å². The molecule has 48 heavy (non-hydrogen) atoms. The van der Waals surface area contributed by atoms with Gasteiger partial charge in [0.05, 0.1) is 35.2 Å². The summed E-state index contributed by atoms with van der Waals surface area (Å²) in [4.78, 5) is 20.0. The zero-order chi connectivity index (χ0) is 34.2. The Labute approximate surface area is 283 Å². The van der Waals surface area contributed by atoms with Gasteiger partial charge in [-0.15, -0.1) is 0 Å². The molecule has 0 amide bonds. The minimum absolute atomic E-state index is 0.0163. The number of aromatic nitrogens is 3. The number of carboxylic acids is 1. The summed E-state index contributed by atoms with van der Waals surface area (Å²) < 4.78 is 21.0. The highest BCUT2D eigenvalue weighted by Crippen LogP contribution is 2.39. The maximum atomic E-state index is 12.8. The van der Waals surface area contributed by atoms with Gasteiger partial charge in [-0.3, -0.25) is 0 Å². The van der Waals surface area contributed by atoms with E-state index in [1.54, 1.807) is 0 Å². The number of fused-ring (bicyclic) bond motifs is 7. The minimum Gasteiger partial charge on any atom is -0.490 e. The number of rotatable bonds is 4. The highest BCUT2D eigenvalue weighted by molar-refractivity contribution is 5.80.